The summed E-state index contributed by atoms with van der Waals surface area (Å²) in [5.74, 6) is -1.04. The molecule has 7 heteroatoms. The maximum absolute atomic E-state index is 12.0. The van der Waals surface area contributed by atoms with Gasteiger partial charge in [-0.15, -0.1) is 0 Å². The first-order valence-electron chi connectivity index (χ1n) is 9.19. The van der Waals surface area contributed by atoms with Crippen molar-refractivity contribution >= 4 is 39.6 Å². The molecule has 2 amide bonds. The number of nitrogens with one attached hydrogen (secondary N) is 2. The Kier molecular flexibility index (Phi) is 7.34. The van der Waals surface area contributed by atoms with Crippen molar-refractivity contribution in [2.45, 2.75) is 13.5 Å². The Morgan fingerprint density at radius 2 is 1.67 bits per heavy atom. The second-order valence-corrected chi connectivity index (χ2v) is 7.34. The standard InChI is InChI=1S/C23H20BrN3O3/c1-16-6-2-4-8-20(16)26-22(28)23(29)27-25-14-18-7-3-5-9-21(18)30-15-17-10-12-19(24)13-11-17/h2-14H,15H2,1H3,(H,26,28)(H,27,29)/b25-14-. The Hall–Kier alpha value is -3.45. The van der Waals surface area contributed by atoms with Crippen LogP contribution in [0, 0.1) is 6.92 Å². The average Bonchev–Trinajstić information content (AvgIpc) is 2.75. The highest BCUT2D eigenvalue weighted by molar-refractivity contribution is 9.10. The molecule has 0 aliphatic heterocycles. The highest BCUT2D eigenvalue weighted by atomic mass is 79.9. The first-order chi connectivity index (χ1) is 14.5. The normalized spacial score (nSPS) is 10.6. The van der Waals surface area contributed by atoms with Crippen molar-refractivity contribution in [3.8, 4) is 5.75 Å². The zero-order valence-electron chi connectivity index (χ0n) is 16.3. The monoisotopic (exact) mass is 465 g/mol. The largest absolute Gasteiger partial charge is 0.488 e. The fourth-order valence-corrected chi connectivity index (χ4v) is 2.83. The third-order valence-electron chi connectivity index (χ3n) is 4.20. The fraction of sp³-hybridized carbons (Fsp3) is 0.0870. The Morgan fingerprint density at radius 1 is 0.967 bits per heavy atom. The number of benzene rings is 3. The molecule has 0 unspecified atom stereocenters. The van der Waals surface area contributed by atoms with Crippen LogP contribution in [0.15, 0.2) is 82.4 Å². The number of rotatable bonds is 6. The van der Waals surface area contributed by atoms with E-state index in [-0.39, 0.29) is 0 Å². The third kappa shape index (κ3) is 6.02. The minimum atomic E-state index is -0.859. The van der Waals surface area contributed by atoms with Gasteiger partial charge < -0.3 is 10.1 Å². The van der Waals surface area contributed by atoms with Crippen LogP contribution in [0.4, 0.5) is 5.69 Å². The number of hydrogen-bond donors (Lipinski definition) is 2. The number of halogens is 1. The molecule has 0 spiro atoms. The Labute approximate surface area is 183 Å². The molecule has 2 N–H and O–H groups in total. The molecular formula is C23H20BrN3O3. The Balaban J connectivity index is 1.58. The van der Waals surface area contributed by atoms with Crippen molar-refractivity contribution < 1.29 is 14.3 Å². The van der Waals surface area contributed by atoms with Crippen LogP contribution in [0.2, 0.25) is 0 Å². The lowest BCUT2D eigenvalue weighted by Crippen LogP contribution is -2.32. The highest BCUT2D eigenvalue weighted by Gasteiger charge is 2.13. The molecule has 0 saturated heterocycles. The summed E-state index contributed by atoms with van der Waals surface area (Å²) < 4.78 is 6.86. The van der Waals surface area contributed by atoms with Gasteiger partial charge in [0.15, 0.2) is 0 Å². The van der Waals surface area contributed by atoms with E-state index in [1.807, 2.05) is 61.5 Å². The van der Waals surface area contributed by atoms with Crippen molar-refractivity contribution in [2.75, 3.05) is 5.32 Å². The van der Waals surface area contributed by atoms with Crippen molar-refractivity contribution in [3.63, 3.8) is 0 Å². The minimum Gasteiger partial charge on any atom is -0.488 e. The van der Waals surface area contributed by atoms with E-state index in [0.29, 0.717) is 23.6 Å². The fourth-order valence-electron chi connectivity index (χ4n) is 2.56. The molecular weight excluding hydrogens is 446 g/mol. The summed E-state index contributed by atoms with van der Waals surface area (Å²) in [5, 5.41) is 6.44. The lowest BCUT2D eigenvalue weighted by atomic mass is 10.2. The van der Waals surface area contributed by atoms with Crippen molar-refractivity contribution in [2.24, 2.45) is 5.10 Å². The second-order valence-electron chi connectivity index (χ2n) is 6.42. The van der Waals surface area contributed by atoms with E-state index in [1.54, 1.807) is 18.2 Å². The summed E-state index contributed by atoms with van der Waals surface area (Å²) >= 11 is 3.40. The summed E-state index contributed by atoms with van der Waals surface area (Å²) in [6, 6.07) is 22.3. The molecule has 0 fully saturated rings. The van der Waals surface area contributed by atoms with Crippen LogP contribution in [0.25, 0.3) is 0 Å². The number of anilines is 1. The topological polar surface area (TPSA) is 79.8 Å². The summed E-state index contributed by atoms with van der Waals surface area (Å²) in [4.78, 5) is 24.0. The highest BCUT2D eigenvalue weighted by Crippen LogP contribution is 2.18. The predicted octanol–water partition coefficient (Wildman–Crippen LogP) is 4.43. The van der Waals surface area contributed by atoms with Gasteiger partial charge in [-0.25, -0.2) is 5.43 Å². The van der Waals surface area contributed by atoms with Crippen molar-refractivity contribution in [1.82, 2.24) is 5.43 Å². The molecule has 0 atom stereocenters. The van der Waals surface area contributed by atoms with Crippen LogP contribution in [0.3, 0.4) is 0 Å². The third-order valence-corrected chi connectivity index (χ3v) is 4.72. The molecule has 3 aromatic rings. The van der Waals surface area contributed by atoms with E-state index in [2.05, 4.69) is 31.8 Å². The van der Waals surface area contributed by atoms with Crippen molar-refractivity contribution in [3.05, 3.63) is 94.0 Å². The smallest absolute Gasteiger partial charge is 0.329 e. The molecule has 0 aromatic heterocycles. The van der Waals surface area contributed by atoms with E-state index < -0.39 is 11.8 Å². The van der Waals surface area contributed by atoms with Gasteiger partial charge in [0.1, 0.15) is 12.4 Å². The van der Waals surface area contributed by atoms with Crippen LogP contribution < -0.4 is 15.5 Å². The van der Waals surface area contributed by atoms with Crippen LogP contribution in [-0.4, -0.2) is 18.0 Å². The van der Waals surface area contributed by atoms with Crippen molar-refractivity contribution in [1.29, 1.82) is 0 Å². The molecule has 0 saturated carbocycles. The average molecular weight is 466 g/mol. The lowest BCUT2D eigenvalue weighted by molar-refractivity contribution is -0.136. The van der Waals surface area contributed by atoms with Gasteiger partial charge in [0.05, 0.1) is 6.21 Å². The zero-order valence-corrected chi connectivity index (χ0v) is 17.8. The number of hydrazone groups is 1. The first-order valence-corrected chi connectivity index (χ1v) is 9.98. The molecule has 3 rings (SSSR count). The van der Waals surface area contributed by atoms with Gasteiger partial charge in [-0.3, -0.25) is 9.59 Å². The van der Waals surface area contributed by atoms with Gasteiger partial charge in [-0.2, -0.15) is 5.10 Å². The van der Waals surface area contributed by atoms with E-state index in [4.69, 9.17) is 4.74 Å². The van der Waals surface area contributed by atoms with Gasteiger partial charge in [0, 0.05) is 15.7 Å². The molecule has 0 radical (unpaired) electrons. The quantitative estimate of drug-likeness (QED) is 0.321. The lowest BCUT2D eigenvalue weighted by Gasteiger charge is -2.09. The number of para-hydroxylation sites is 2. The summed E-state index contributed by atoms with van der Waals surface area (Å²) in [6.45, 7) is 2.24. The maximum atomic E-state index is 12.0. The molecule has 0 aliphatic rings. The number of hydrogen-bond acceptors (Lipinski definition) is 4. The number of carbonyl (C=O) groups is 2. The minimum absolute atomic E-state index is 0.392. The molecule has 30 heavy (non-hydrogen) atoms. The Morgan fingerprint density at radius 3 is 2.43 bits per heavy atom. The van der Waals surface area contributed by atoms with E-state index in [9.17, 15) is 9.59 Å². The number of amides is 2. The van der Waals surface area contributed by atoms with E-state index in [0.717, 1.165) is 15.6 Å². The van der Waals surface area contributed by atoms with Crippen LogP contribution in [0.5, 0.6) is 5.75 Å². The summed E-state index contributed by atoms with van der Waals surface area (Å²) in [6.07, 6.45) is 1.44. The number of aryl methyl sites for hydroxylation is 1. The molecule has 152 valence electrons. The predicted molar refractivity (Wildman–Crippen MR) is 120 cm³/mol. The maximum Gasteiger partial charge on any atom is 0.329 e. The van der Waals surface area contributed by atoms with E-state index in [1.165, 1.54) is 6.21 Å². The number of carbonyl (C=O) groups excluding carboxylic acids is 2. The number of ether oxygens (including phenoxy) is 1. The number of nitrogens with zero attached hydrogens (tertiary/aromatic N) is 1. The molecule has 3 aromatic carbocycles. The molecule has 0 aliphatic carbocycles. The summed E-state index contributed by atoms with van der Waals surface area (Å²) in [7, 11) is 0. The van der Waals surface area contributed by atoms with Crippen LogP contribution >= 0.6 is 15.9 Å². The van der Waals surface area contributed by atoms with Gasteiger partial charge in [-0.05, 0) is 48.4 Å². The van der Waals surface area contributed by atoms with Gasteiger partial charge in [-0.1, -0.05) is 58.4 Å². The van der Waals surface area contributed by atoms with Crippen LogP contribution in [-0.2, 0) is 16.2 Å². The van der Waals surface area contributed by atoms with E-state index >= 15 is 0 Å². The van der Waals surface area contributed by atoms with Gasteiger partial charge in [0.25, 0.3) is 0 Å². The first kappa shape index (κ1) is 21.3. The zero-order chi connectivity index (χ0) is 21.3. The molecule has 0 heterocycles. The summed E-state index contributed by atoms with van der Waals surface area (Å²) in [5.41, 5.74) is 5.37. The van der Waals surface area contributed by atoms with Crippen LogP contribution in [0.1, 0.15) is 16.7 Å². The van der Waals surface area contributed by atoms with Gasteiger partial charge in [0.2, 0.25) is 0 Å². The van der Waals surface area contributed by atoms with Gasteiger partial charge >= 0.3 is 11.8 Å². The molecule has 0 bridgehead atoms. The second kappa shape index (κ2) is 10.4. The molecule has 6 nitrogen and oxygen atoms in total. The Bertz CT molecular complexity index is 1070. The SMILES string of the molecule is Cc1ccccc1NC(=O)C(=O)N/N=C\c1ccccc1OCc1ccc(Br)cc1.